The molecule has 0 saturated heterocycles. The van der Waals surface area contributed by atoms with E-state index in [4.69, 9.17) is 6.42 Å². The predicted molar refractivity (Wildman–Crippen MR) is 53.4 cm³/mol. The van der Waals surface area contributed by atoms with Gasteiger partial charge in [-0.1, -0.05) is 24.1 Å². The molecule has 2 nitrogen and oxygen atoms in total. The van der Waals surface area contributed by atoms with Crippen LogP contribution in [0.5, 0.6) is 5.75 Å². The Labute approximate surface area is 78.6 Å². The van der Waals surface area contributed by atoms with Crippen LogP contribution in [-0.4, -0.2) is 11.7 Å². The molecule has 0 aliphatic carbocycles. The Balaban J connectivity index is 2.72. The summed E-state index contributed by atoms with van der Waals surface area (Å²) in [6.45, 7) is 2.47. The summed E-state index contributed by atoms with van der Waals surface area (Å²) in [6, 6.07) is 7.32. The monoisotopic (exact) mass is 175 g/mol. The Bertz CT molecular complexity index is 314. The minimum Gasteiger partial charge on any atom is -0.508 e. The number of rotatable bonds is 3. The first-order valence-corrected chi connectivity index (χ1v) is 4.20. The number of terminal acetylenes is 1. The predicted octanol–water partition coefficient (Wildman–Crippen LogP) is 1.68. The number of phenols is 1. The lowest BCUT2D eigenvalue weighted by molar-refractivity contribution is 0.456. The third kappa shape index (κ3) is 2.50. The van der Waals surface area contributed by atoms with E-state index >= 15 is 0 Å². The van der Waals surface area contributed by atoms with Crippen molar-refractivity contribution in [2.45, 2.75) is 13.0 Å². The van der Waals surface area contributed by atoms with Gasteiger partial charge in [0.2, 0.25) is 0 Å². The van der Waals surface area contributed by atoms with Crippen LogP contribution in [0.2, 0.25) is 0 Å². The van der Waals surface area contributed by atoms with Gasteiger partial charge in [-0.05, 0) is 13.0 Å². The van der Waals surface area contributed by atoms with Gasteiger partial charge in [0.25, 0.3) is 0 Å². The van der Waals surface area contributed by atoms with E-state index in [1.165, 1.54) is 0 Å². The van der Waals surface area contributed by atoms with E-state index in [1.807, 2.05) is 19.1 Å². The molecule has 0 bridgehead atoms. The molecule has 68 valence electrons. The molecule has 0 spiro atoms. The minimum atomic E-state index is 0.0808. The van der Waals surface area contributed by atoms with Gasteiger partial charge in [0.05, 0.1) is 6.54 Å². The maximum atomic E-state index is 9.49. The molecular formula is C11H13NO. The molecule has 0 aliphatic rings. The van der Waals surface area contributed by atoms with Gasteiger partial charge in [-0.2, -0.15) is 0 Å². The first kappa shape index (κ1) is 9.63. The SMILES string of the molecule is C#CCNC(C)c1ccccc1O. The number of nitrogens with one attached hydrogen (secondary N) is 1. The summed E-state index contributed by atoms with van der Waals surface area (Å²) >= 11 is 0. The summed E-state index contributed by atoms with van der Waals surface area (Å²) < 4.78 is 0. The molecule has 1 aromatic carbocycles. The van der Waals surface area contributed by atoms with Crippen molar-refractivity contribution in [3.63, 3.8) is 0 Å². The zero-order chi connectivity index (χ0) is 9.68. The van der Waals surface area contributed by atoms with Gasteiger partial charge in [0.1, 0.15) is 5.75 Å². The van der Waals surface area contributed by atoms with Gasteiger partial charge in [0.15, 0.2) is 0 Å². The highest BCUT2D eigenvalue weighted by Crippen LogP contribution is 2.22. The van der Waals surface area contributed by atoms with Gasteiger partial charge < -0.3 is 5.11 Å². The van der Waals surface area contributed by atoms with Crippen molar-refractivity contribution in [3.05, 3.63) is 29.8 Å². The van der Waals surface area contributed by atoms with Crippen LogP contribution in [-0.2, 0) is 0 Å². The van der Waals surface area contributed by atoms with Crippen LogP contribution >= 0.6 is 0 Å². The van der Waals surface area contributed by atoms with Crippen LogP contribution in [0.4, 0.5) is 0 Å². The van der Waals surface area contributed by atoms with Crippen molar-refractivity contribution in [3.8, 4) is 18.1 Å². The van der Waals surface area contributed by atoms with Gasteiger partial charge in [0, 0.05) is 11.6 Å². The third-order valence-electron chi connectivity index (χ3n) is 1.91. The number of hydrogen-bond acceptors (Lipinski definition) is 2. The maximum absolute atomic E-state index is 9.49. The van der Waals surface area contributed by atoms with Crippen LogP contribution in [0.25, 0.3) is 0 Å². The summed E-state index contributed by atoms with van der Waals surface area (Å²) in [6.07, 6.45) is 5.12. The first-order chi connectivity index (χ1) is 6.25. The molecule has 0 saturated carbocycles. The molecule has 2 N–H and O–H groups in total. The topological polar surface area (TPSA) is 32.3 Å². The van der Waals surface area contributed by atoms with Gasteiger partial charge in [-0.25, -0.2) is 0 Å². The summed E-state index contributed by atoms with van der Waals surface area (Å²) in [4.78, 5) is 0. The van der Waals surface area contributed by atoms with Gasteiger partial charge in [-0.3, -0.25) is 5.32 Å². The molecule has 0 aliphatic heterocycles. The van der Waals surface area contributed by atoms with Crippen molar-refractivity contribution in [2.75, 3.05) is 6.54 Å². The Morgan fingerprint density at radius 2 is 2.23 bits per heavy atom. The van der Waals surface area contributed by atoms with Crippen LogP contribution in [0.1, 0.15) is 18.5 Å². The van der Waals surface area contributed by atoms with Crippen molar-refractivity contribution < 1.29 is 5.11 Å². The van der Waals surface area contributed by atoms with Crippen LogP contribution in [0.3, 0.4) is 0 Å². The molecular weight excluding hydrogens is 162 g/mol. The molecule has 1 atom stereocenters. The molecule has 1 aromatic rings. The number of phenolic OH excluding ortho intramolecular Hbond substituents is 1. The largest absolute Gasteiger partial charge is 0.508 e. The molecule has 0 amide bonds. The lowest BCUT2D eigenvalue weighted by atomic mass is 10.1. The maximum Gasteiger partial charge on any atom is 0.120 e. The Morgan fingerprint density at radius 3 is 2.85 bits per heavy atom. The van der Waals surface area contributed by atoms with E-state index in [0.717, 1.165) is 5.56 Å². The Morgan fingerprint density at radius 1 is 1.54 bits per heavy atom. The van der Waals surface area contributed by atoms with E-state index in [-0.39, 0.29) is 6.04 Å². The van der Waals surface area contributed by atoms with Crippen LogP contribution in [0, 0.1) is 12.3 Å². The van der Waals surface area contributed by atoms with Crippen LogP contribution in [0.15, 0.2) is 24.3 Å². The summed E-state index contributed by atoms with van der Waals surface area (Å²) in [5.41, 5.74) is 0.873. The molecule has 1 unspecified atom stereocenters. The van der Waals surface area contributed by atoms with E-state index in [9.17, 15) is 5.11 Å². The number of para-hydroxylation sites is 1. The van der Waals surface area contributed by atoms with Crippen molar-refractivity contribution in [1.82, 2.24) is 5.32 Å². The fourth-order valence-electron chi connectivity index (χ4n) is 1.18. The van der Waals surface area contributed by atoms with Crippen molar-refractivity contribution in [1.29, 1.82) is 0 Å². The van der Waals surface area contributed by atoms with Gasteiger partial charge >= 0.3 is 0 Å². The van der Waals surface area contributed by atoms with Gasteiger partial charge in [-0.15, -0.1) is 6.42 Å². The summed E-state index contributed by atoms with van der Waals surface area (Å²) in [5.74, 6) is 2.80. The Hall–Kier alpha value is -1.46. The molecule has 0 fully saturated rings. The molecule has 0 heterocycles. The Kier molecular flexibility index (Phi) is 3.36. The molecule has 2 heteroatoms. The fraction of sp³-hybridized carbons (Fsp3) is 0.273. The number of aromatic hydroxyl groups is 1. The van der Waals surface area contributed by atoms with E-state index in [2.05, 4.69) is 11.2 Å². The minimum absolute atomic E-state index is 0.0808. The summed E-state index contributed by atoms with van der Waals surface area (Å²) in [7, 11) is 0. The van der Waals surface area contributed by atoms with E-state index in [1.54, 1.807) is 12.1 Å². The van der Waals surface area contributed by atoms with Crippen molar-refractivity contribution >= 4 is 0 Å². The standard InChI is InChI=1S/C11H13NO/c1-3-8-12-9(2)10-6-4-5-7-11(10)13/h1,4-7,9,12-13H,8H2,2H3. The van der Waals surface area contributed by atoms with E-state index in [0.29, 0.717) is 12.3 Å². The molecule has 0 aromatic heterocycles. The normalized spacial score (nSPS) is 12.0. The number of benzene rings is 1. The average Bonchev–Trinajstić information content (AvgIpc) is 2.15. The fourth-order valence-corrected chi connectivity index (χ4v) is 1.18. The summed E-state index contributed by atoms with van der Waals surface area (Å²) in [5, 5.41) is 12.6. The highest BCUT2D eigenvalue weighted by molar-refractivity contribution is 5.34. The lowest BCUT2D eigenvalue weighted by Crippen LogP contribution is -2.18. The average molecular weight is 175 g/mol. The van der Waals surface area contributed by atoms with Crippen molar-refractivity contribution in [2.24, 2.45) is 0 Å². The number of hydrogen-bond donors (Lipinski definition) is 2. The van der Waals surface area contributed by atoms with Crippen LogP contribution < -0.4 is 5.32 Å². The third-order valence-corrected chi connectivity index (χ3v) is 1.91. The smallest absolute Gasteiger partial charge is 0.120 e. The second-order valence-electron chi connectivity index (χ2n) is 2.87. The lowest BCUT2D eigenvalue weighted by Gasteiger charge is -2.13. The zero-order valence-electron chi connectivity index (χ0n) is 7.62. The molecule has 0 radical (unpaired) electrons. The molecule has 1 rings (SSSR count). The second kappa shape index (κ2) is 4.54. The quantitative estimate of drug-likeness (QED) is 0.685. The van der Waals surface area contributed by atoms with E-state index < -0.39 is 0 Å². The highest BCUT2D eigenvalue weighted by Gasteiger charge is 2.07. The zero-order valence-corrected chi connectivity index (χ0v) is 7.62. The molecule has 13 heavy (non-hydrogen) atoms. The first-order valence-electron chi connectivity index (χ1n) is 4.20. The second-order valence-corrected chi connectivity index (χ2v) is 2.87. The highest BCUT2D eigenvalue weighted by atomic mass is 16.3.